The molecule has 0 radical (unpaired) electrons. The maximum absolute atomic E-state index is 12.6. The number of fused-ring (bicyclic) bond motifs is 1. The molecule has 0 bridgehead atoms. The first-order chi connectivity index (χ1) is 14.1. The van der Waals surface area contributed by atoms with Gasteiger partial charge in [0, 0.05) is 16.4 Å². The van der Waals surface area contributed by atoms with Crippen molar-refractivity contribution < 1.29 is 24.2 Å². The van der Waals surface area contributed by atoms with Gasteiger partial charge in [0.1, 0.15) is 11.1 Å². The van der Waals surface area contributed by atoms with Crippen molar-refractivity contribution in [3.63, 3.8) is 0 Å². The lowest BCUT2D eigenvalue weighted by Crippen LogP contribution is -2.66. The second-order valence-electron chi connectivity index (χ2n) is 6.46. The summed E-state index contributed by atoms with van der Waals surface area (Å²) < 4.78 is 5.38. The number of carboxylic acid groups (broad SMARTS) is 1. The van der Waals surface area contributed by atoms with Gasteiger partial charge in [-0.05, 0) is 29.8 Å². The lowest BCUT2D eigenvalue weighted by molar-refractivity contribution is -0.159. The Morgan fingerprint density at radius 2 is 1.76 bits per heavy atom. The lowest BCUT2D eigenvalue weighted by atomic mass is 10.1. The van der Waals surface area contributed by atoms with Gasteiger partial charge in [-0.2, -0.15) is 0 Å². The number of carbonyl (C=O) groups excluding carboxylic acids is 2. The molecule has 0 aliphatic carbocycles. The number of esters is 1. The van der Waals surface area contributed by atoms with Crippen molar-refractivity contribution in [2.75, 3.05) is 11.5 Å². The minimum absolute atomic E-state index is 0.00851. The van der Waals surface area contributed by atoms with Crippen LogP contribution in [0.4, 0.5) is 0 Å². The third-order valence-electron chi connectivity index (χ3n) is 4.60. The molecule has 0 saturated carbocycles. The summed E-state index contributed by atoms with van der Waals surface area (Å²) in [5.41, 5.74) is 1.05. The molecular weight excluding hydrogens is 410 g/mol. The first-order valence-electron chi connectivity index (χ1n) is 8.90. The average molecular weight is 428 g/mol. The second kappa shape index (κ2) is 8.34. The van der Waals surface area contributed by atoms with Crippen molar-refractivity contribution in [3.05, 3.63) is 77.5 Å². The Morgan fingerprint density at radius 3 is 2.41 bits per heavy atom. The molecule has 2 aromatic rings. The van der Waals surface area contributed by atoms with Crippen molar-refractivity contribution in [1.29, 1.82) is 0 Å². The predicted molar refractivity (Wildman–Crippen MR) is 111 cm³/mol. The zero-order valence-corrected chi connectivity index (χ0v) is 16.8. The van der Waals surface area contributed by atoms with E-state index in [9.17, 15) is 19.5 Å². The van der Waals surface area contributed by atoms with E-state index in [1.165, 1.54) is 28.4 Å². The van der Waals surface area contributed by atoms with E-state index in [2.05, 4.69) is 0 Å². The Labute approximate surface area is 175 Å². The predicted octanol–water partition coefficient (Wildman–Crippen LogP) is 3.26. The third kappa shape index (κ3) is 3.90. The zero-order valence-electron chi connectivity index (χ0n) is 15.2. The SMILES string of the molecule is O=C(O)C1=C(CSc2ccccc2)CSC2[C@@H](OC(=O)c3ccccc3)C(=O)N12. The van der Waals surface area contributed by atoms with E-state index in [-0.39, 0.29) is 5.70 Å². The van der Waals surface area contributed by atoms with Crippen LogP contribution < -0.4 is 0 Å². The van der Waals surface area contributed by atoms with Crippen LogP contribution in [0.5, 0.6) is 0 Å². The summed E-state index contributed by atoms with van der Waals surface area (Å²) in [6.07, 6.45) is -0.967. The van der Waals surface area contributed by atoms with Gasteiger partial charge in [-0.15, -0.1) is 23.5 Å². The van der Waals surface area contributed by atoms with Crippen LogP contribution >= 0.6 is 23.5 Å². The van der Waals surface area contributed by atoms with Gasteiger partial charge in [0.05, 0.1) is 5.56 Å². The minimum atomic E-state index is -1.14. The highest BCUT2D eigenvalue weighted by atomic mass is 32.2. The summed E-state index contributed by atoms with van der Waals surface area (Å²) in [6, 6.07) is 18.1. The van der Waals surface area contributed by atoms with Gasteiger partial charge < -0.3 is 9.84 Å². The first kappa shape index (κ1) is 19.6. The maximum atomic E-state index is 12.6. The molecule has 1 amide bonds. The summed E-state index contributed by atoms with van der Waals surface area (Å²) in [6.45, 7) is 0. The van der Waals surface area contributed by atoms with Crippen LogP contribution in [0.2, 0.25) is 0 Å². The zero-order chi connectivity index (χ0) is 20.4. The Morgan fingerprint density at radius 1 is 1.10 bits per heavy atom. The molecule has 29 heavy (non-hydrogen) atoms. The summed E-state index contributed by atoms with van der Waals surface area (Å²) in [5.74, 6) is -1.28. The molecule has 1 unspecified atom stereocenters. The minimum Gasteiger partial charge on any atom is -0.477 e. The monoisotopic (exact) mass is 427 g/mol. The van der Waals surface area contributed by atoms with E-state index in [1.807, 2.05) is 30.3 Å². The Kier molecular flexibility index (Phi) is 5.64. The molecule has 0 aromatic heterocycles. The van der Waals surface area contributed by atoms with Gasteiger partial charge in [-0.3, -0.25) is 9.69 Å². The molecule has 2 aliphatic heterocycles. The van der Waals surface area contributed by atoms with Crippen LogP contribution in [0, 0.1) is 0 Å². The van der Waals surface area contributed by atoms with E-state index in [0.29, 0.717) is 22.6 Å². The van der Waals surface area contributed by atoms with Gasteiger partial charge >= 0.3 is 11.9 Å². The molecule has 6 nitrogen and oxygen atoms in total. The van der Waals surface area contributed by atoms with Crippen LogP contribution in [-0.4, -0.2) is 50.8 Å². The van der Waals surface area contributed by atoms with E-state index in [0.717, 1.165) is 4.90 Å². The number of amides is 1. The van der Waals surface area contributed by atoms with Crippen molar-refractivity contribution in [3.8, 4) is 0 Å². The van der Waals surface area contributed by atoms with Crippen LogP contribution in [0.25, 0.3) is 0 Å². The van der Waals surface area contributed by atoms with Gasteiger partial charge in [0.25, 0.3) is 5.91 Å². The number of hydrogen-bond donors (Lipinski definition) is 1. The number of nitrogens with zero attached hydrogens (tertiary/aromatic N) is 1. The molecule has 2 aliphatic rings. The third-order valence-corrected chi connectivity index (χ3v) is 7.01. The van der Waals surface area contributed by atoms with E-state index in [1.54, 1.807) is 30.3 Å². The fourth-order valence-electron chi connectivity index (χ4n) is 3.18. The van der Waals surface area contributed by atoms with Gasteiger partial charge in [-0.1, -0.05) is 36.4 Å². The highest BCUT2D eigenvalue weighted by Gasteiger charge is 2.55. The molecular formula is C21H17NO5S2. The number of benzene rings is 2. The molecule has 2 aromatic carbocycles. The van der Waals surface area contributed by atoms with Crippen LogP contribution in [0.15, 0.2) is 76.8 Å². The van der Waals surface area contributed by atoms with Crippen molar-refractivity contribution in [1.82, 2.24) is 4.90 Å². The molecule has 2 heterocycles. The number of aliphatic carboxylic acids is 1. The van der Waals surface area contributed by atoms with Crippen molar-refractivity contribution >= 4 is 41.4 Å². The van der Waals surface area contributed by atoms with Gasteiger partial charge in [0.15, 0.2) is 0 Å². The van der Waals surface area contributed by atoms with Gasteiger partial charge in [-0.25, -0.2) is 9.59 Å². The van der Waals surface area contributed by atoms with Crippen molar-refractivity contribution in [2.45, 2.75) is 16.4 Å². The maximum Gasteiger partial charge on any atom is 0.352 e. The molecule has 4 rings (SSSR count). The van der Waals surface area contributed by atoms with E-state index in [4.69, 9.17) is 4.74 Å². The normalized spacial score (nSPS) is 20.7. The quantitative estimate of drug-likeness (QED) is 0.430. The summed E-state index contributed by atoms with van der Waals surface area (Å²) in [7, 11) is 0. The Balaban J connectivity index is 1.48. The molecule has 2 atom stereocenters. The number of carbonyl (C=O) groups is 3. The smallest absolute Gasteiger partial charge is 0.352 e. The Bertz CT molecular complexity index is 977. The number of β-lactam (4-membered cyclic amide) rings is 1. The summed E-state index contributed by atoms with van der Waals surface area (Å²) in [5, 5.41) is 9.21. The molecule has 1 fully saturated rings. The highest BCUT2D eigenvalue weighted by molar-refractivity contribution is 8.01. The number of hydrogen-bond acceptors (Lipinski definition) is 6. The number of thioether (sulfide) groups is 2. The molecule has 1 N–H and O–H groups in total. The largest absolute Gasteiger partial charge is 0.477 e. The summed E-state index contributed by atoms with van der Waals surface area (Å²) in [4.78, 5) is 39.1. The molecule has 1 saturated heterocycles. The molecule has 148 valence electrons. The standard InChI is InChI=1S/C21H17NO5S2/c23-18-17(27-21(26)13-7-3-1-4-8-13)19-22(18)16(20(24)25)14(12-29-19)11-28-15-9-5-2-6-10-15/h1-10,17,19H,11-12H2,(H,24,25)/t17-,19?/m0/s1. The van der Waals surface area contributed by atoms with Gasteiger partial charge in [0.2, 0.25) is 6.10 Å². The number of carboxylic acids is 1. The second-order valence-corrected chi connectivity index (χ2v) is 8.61. The fourth-order valence-corrected chi connectivity index (χ4v) is 5.55. The topological polar surface area (TPSA) is 83.9 Å². The highest BCUT2D eigenvalue weighted by Crippen LogP contribution is 2.43. The molecule has 0 spiro atoms. The van der Waals surface area contributed by atoms with Crippen LogP contribution in [0.3, 0.4) is 0 Å². The van der Waals surface area contributed by atoms with Crippen LogP contribution in [-0.2, 0) is 14.3 Å². The number of ether oxygens (including phenoxy) is 1. The fraction of sp³-hybridized carbons (Fsp3) is 0.190. The van der Waals surface area contributed by atoms with E-state index >= 15 is 0 Å². The van der Waals surface area contributed by atoms with Crippen molar-refractivity contribution in [2.24, 2.45) is 0 Å². The van der Waals surface area contributed by atoms with Crippen LogP contribution in [0.1, 0.15) is 10.4 Å². The molecule has 8 heteroatoms. The average Bonchev–Trinajstić information content (AvgIpc) is 2.76. The summed E-state index contributed by atoms with van der Waals surface area (Å²) >= 11 is 2.95. The lowest BCUT2D eigenvalue weighted by Gasteiger charge is -2.48. The van der Waals surface area contributed by atoms with E-state index < -0.39 is 29.3 Å². The first-order valence-corrected chi connectivity index (χ1v) is 10.9. The Hall–Kier alpha value is -2.71. The number of rotatable bonds is 6.